The van der Waals surface area contributed by atoms with Gasteiger partial charge in [0.05, 0.1) is 0 Å². The molecule has 0 aromatic carbocycles. The van der Waals surface area contributed by atoms with E-state index in [1.807, 2.05) is 14.2 Å². The van der Waals surface area contributed by atoms with Crippen LogP contribution in [-0.4, -0.2) is 22.8 Å². The molecular weight excluding hydrogens is 204 g/mol. The maximum atomic E-state index is 5.87. The summed E-state index contributed by atoms with van der Waals surface area (Å²) in [5.41, 5.74) is 1.20. The fourth-order valence-electron chi connectivity index (χ4n) is 3.53. The predicted octanol–water partition coefficient (Wildman–Crippen LogP) is 3.10. The van der Waals surface area contributed by atoms with Crippen molar-refractivity contribution in [2.45, 2.75) is 37.8 Å². The molecule has 0 aromatic rings. The minimum absolute atomic E-state index is 0.533. The topological polar surface area (TPSA) is 18.5 Å². The van der Waals surface area contributed by atoms with E-state index in [0.717, 1.165) is 11.8 Å². The Kier molecular flexibility index (Phi) is 3.06. The average Bonchev–Trinajstić information content (AvgIpc) is 2.82. The maximum absolute atomic E-state index is 5.87. The molecule has 1 saturated carbocycles. The molecule has 0 radical (unpaired) electrons. The molecule has 2 rings (SSSR count). The van der Waals surface area contributed by atoms with E-state index in [0.29, 0.717) is 11.1 Å². The summed E-state index contributed by atoms with van der Waals surface area (Å²) in [6.45, 7) is 4.49. The minimum Gasteiger partial charge on any atom is -0.397 e. The van der Waals surface area contributed by atoms with Crippen molar-refractivity contribution in [1.29, 1.82) is 0 Å². The Morgan fingerprint density at radius 3 is 2.13 bits per heavy atom. The molecule has 2 aliphatic rings. The lowest BCUT2D eigenvalue weighted by molar-refractivity contribution is 0.212. The summed E-state index contributed by atoms with van der Waals surface area (Å²) < 4.78 is 11.7. The molecular formula is C12H22O2Si. The normalized spacial score (nSPS) is 34.3. The van der Waals surface area contributed by atoms with E-state index in [9.17, 15) is 0 Å². The van der Waals surface area contributed by atoms with Gasteiger partial charge in [0, 0.05) is 19.8 Å². The highest BCUT2D eigenvalue weighted by molar-refractivity contribution is 6.70. The zero-order valence-electron chi connectivity index (χ0n) is 10.2. The number of rotatable bonds is 4. The molecule has 2 bridgehead atoms. The van der Waals surface area contributed by atoms with Gasteiger partial charge in [-0.3, -0.25) is 0 Å². The van der Waals surface area contributed by atoms with Gasteiger partial charge in [-0.25, -0.2) is 0 Å². The lowest BCUT2D eigenvalue weighted by Crippen LogP contribution is -2.49. The molecule has 86 valence electrons. The van der Waals surface area contributed by atoms with Crippen molar-refractivity contribution in [2.24, 2.45) is 11.8 Å². The highest BCUT2D eigenvalue weighted by atomic mass is 28.4. The molecule has 3 atom stereocenters. The van der Waals surface area contributed by atoms with Crippen LogP contribution in [0.4, 0.5) is 0 Å². The van der Waals surface area contributed by atoms with Gasteiger partial charge >= 0.3 is 8.56 Å². The van der Waals surface area contributed by atoms with Gasteiger partial charge < -0.3 is 8.85 Å². The summed E-state index contributed by atoms with van der Waals surface area (Å²) in [7, 11) is 1.68. The molecule has 0 N–H and O–H groups in total. The van der Waals surface area contributed by atoms with E-state index in [1.165, 1.54) is 12.8 Å². The first-order valence-electron chi connectivity index (χ1n) is 5.92. The first-order chi connectivity index (χ1) is 7.14. The molecule has 0 saturated heterocycles. The van der Waals surface area contributed by atoms with Crippen LogP contribution in [0.5, 0.6) is 0 Å². The van der Waals surface area contributed by atoms with E-state index in [4.69, 9.17) is 8.85 Å². The highest BCUT2D eigenvalue weighted by Gasteiger charge is 2.54. The Bertz CT molecular complexity index is 258. The van der Waals surface area contributed by atoms with Gasteiger partial charge in [0.15, 0.2) is 0 Å². The molecule has 2 nitrogen and oxygen atoms in total. The molecule has 15 heavy (non-hydrogen) atoms. The van der Waals surface area contributed by atoms with Gasteiger partial charge in [0.2, 0.25) is 0 Å². The van der Waals surface area contributed by atoms with Crippen LogP contribution in [-0.2, 0) is 8.85 Å². The summed E-state index contributed by atoms with van der Waals surface area (Å²) in [5.74, 6) is 1.53. The first-order valence-corrected chi connectivity index (χ1v) is 7.89. The summed E-state index contributed by atoms with van der Waals surface area (Å²) >= 11 is 0. The van der Waals surface area contributed by atoms with Crippen molar-refractivity contribution in [3.05, 3.63) is 12.2 Å². The molecule has 0 aliphatic heterocycles. The molecule has 0 spiro atoms. The van der Waals surface area contributed by atoms with E-state index >= 15 is 0 Å². The Balaban J connectivity index is 2.22. The van der Waals surface area contributed by atoms with Gasteiger partial charge in [-0.05, 0) is 30.2 Å². The number of hydrogen-bond acceptors (Lipinski definition) is 2. The Labute approximate surface area is 93.9 Å². The summed E-state index contributed by atoms with van der Waals surface area (Å²) in [6, 6.07) is 0. The molecule has 0 heterocycles. The van der Waals surface area contributed by atoms with Crippen LogP contribution >= 0.6 is 0 Å². The molecule has 1 fully saturated rings. The van der Waals surface area contributed by atoms with Gasteiger partial charge in [-0.2, -0.15) is 0 Å². The van der Waals surface area contributed by atoms with Crippen LogP contribution in [0.1, 0.15) is 26.7 Å². The lowest BCUT2D eigenvalue weighted by atomic mass is 10.1. The van der Waals surface area contributed by atoms with Crippen LogP contribution in [0.25, 0.3) is 0 Å². The summed E-state index contributed by atoms with van der Waals surface area (Å²) in [5, 5.41) is 0. The van der Waals surface area contributed by atoms with E-state index in [-0.39, 0.29) is 0 Å². The highest BCUT2D eigenvalue weighted by Crippen LogP contribution is 2.54. The third-order valence-electron chi connectivity index (χ3n) is 4.24. The second-order valence-corrected chi connectivity index (χ2v) is 9.33. The monoisotopic (exact) mass is 226 g/mol. The van der Waals surface area contributed by atoms with Crippen molar-refractivity contribution in [2.75, 3.05) is 14.2 Å². The standard InChI is InChI=1S/C12H22O2Si/c1-9(2)15(13-3,14-4)12-8-10-5-6-11(12)7-10/h5-6,9-12H,7-8H2,1-4H3. The maximum Gasteiger partial charge on any atom is 0.344 e. The molecule has 0 aromatic heterocycles. The van der Waals surface area contributed by atoms with Crippen LogP contribution in [0.15, 0.2) is 12.2 Å². The second-order valence-electron chi connectivity index (χ2n) is 5.17. The van der Waals surface area contributed by atoms with Crippen LogP contribution < -0.4 is 0 Å². The van der Waals surface area contributed by atoms with Gasteiger partial charge in [-0.1, -0.05) is 26.0 Å². The molecule has 3 unspecified atom stereocenters. The Hall–Kier alpha value is -0.123. The van der Waals surface area contributed by atoms with E-state index in [1.54, 1.807) is 0 Å². The van der Waals surface area contributed by atoms with Crippen molar-refractivity contribution in [3.8, 4) is 0 Å². The van der Waals surface area contributed by atoms with E-state index < -0.39 is 8.56 Å². The lowest BCUT2D eigenvalue weighted by Gasteiger charge is -2.39. The van der Waals surface area contributed by atoms with Gasteiger partial charge in [0.1, 0.15) is 0 Å². The third kappa shape index (κ3) is 1.61. The summed E-state index contributed by atoms with van der Waals surface area (Å²) in [6.07, 6.45) is 7.39. The molecule has 2 aliphatic carbocycles. The number of allylic oxidation sites excluding steroid dienone is 2. The number of fused-ring (bicyclic) bond motifs is 2. The van der Waals surface area contributed by atoms with Crippen molar-refractivity contribution >= 4 is 8.56 Å². The van der Waals surface area contributed by atoms with Crippen LogP contribution in [0.3, 0.4) is 0 Å². The van der Waals surface area contributed by atoms with Crippen molar-refractivity contribution in [1.82, 2.24) is 0 Å². The fraction of sp³-hybridized carbons (Fsp3) is 0.833. The Morgan fingerprint density at radius 1 is 1.13 bits per heavy atom. The summed E-state index contributed by atoms with van der Waals surface area (Å²) in [4.78, 5) is 0. The molecule has 0 amide bonds. The first kappa shape index (κ1) is 11.4. The van der Waals surface area contributed by atoms with Gasteiger partial charge in [-0.15, -0.1) is 0 Å². The fourth-order valence-corrected chi connectivity index (χ4v) is 7.58. The average molecular weight is 226 g/mol. The van der Waals surface area contributed by atoms with E-state index in [2.05, 4.69) is 26.0 Å². The zero-order valence-corrected chi connectivity index (χ0v) is 11.2. The van der Waals surface area contributed by atoms with Gasteiger partial charge in [0.25, 0.3) is 0 Å². The minimum atomic E-state index is -1.99. The van der Waals surface area contributed by atoms with Crippen molar-refractivity contribution < 1.29 is 8.85 Å². The quantitative estimate of drug-likeness (QED) is 0.542. The third-order valence-corrected chi connectivity index (χ3v) is 8.82. The van der Waals surface area contributed by atoms with Crippen molar-refractivity contribution in [3.63, 3.8) is 0 Å². The predicted molar refractivity (Wildman–Crippen MR) is 64.0 cm³/mol. The smallest absolute Gasteiger partial charge is 0.344 e. The SMILES string of the molecule is CO[Si](OC)(C(C)C)C1CC2C=CC1C2. The second kappa shape index (κ2) is 4.04. The largest absolute Gasteiger partial charge is 0.397 e. The zero-order chi connectivity index (χ0) is 11.1. The Morgan fingerprint density at radius 2 is 1.80 bits per heavy atom. The van der Waals surface area contributed by atoms with Crippen LogP contribution in [0, 0.1) is 11.8 Å². The molecule has 3 heteroatoms. The number of hydrogen-bond donors (Lipinski definition) is 0. The van der Waals surface area contributed by atoms with Crippen LogP contribution in [0.2, 0.25) is 11.1 Å².